The standard InChI is InChI=1S/C44H62N4O13SSi2/c1-29-23-48(39-37(60-64(10,11)43(5,6)7)44(33(45)28-62(54,55)61-44)34(59-39)27-58-63(8,9)42(2,3)4)41(53)47(38(29)51)24-35(49)46-32(40(52)57-26-31-20-16-13-17-21-31)22-36(50)56-25-30-18-14-12-15-19-30/h12-21,23,28,32,34,37,39H,22,24-27,45H2,1-11H3,(H,46,49)/t32-,34+,37-,39+,44?/m0/s1. The van der Waals surface area contributed by atoms with Crippen molar-refractivity contribution in [3.63, 3.8) is 0 Å². The molecule has 2 aromatic carbocycles. The van der Waals surface area contributed by atoms with Gasteiger partial charge in [0, 0.05) is 11.8 Å². The highest BCUT2D eigenvalue weighted by Gasteiger charge is 2.67. The predicted molar refractivity (Wildman–Crippen MR) is 243 cm³/mol. The highest BCUT2D eigenvalue weighted by Crippen LogP contribution is 2.52. The molecule has 1 aromatic heterocycles. The molecule has 0 bridgehead atoms. The molecule has 2 aliphatic heterocycles. The molecular weight excluding hydrogens is 881 g/mol. The van der Waals surface area contributed by atoms with E-state index >= 15 is 0 Å². The molecule has 17 nitrogen and oxygen atoms in total. The second-order valence-electron chi connectivity index (χ2n) is 19.3. The summed E-state index contributed by atoms with van der Waals surface area (Å²) < 4.78 is 65.2. The van der Waals surface area contributed by atoms with Gasteiger partial charge in [-0.2, -0.15) is 8.42 Å². The van der Waals surface area contributed by atoms with Gasteiger partial charge in [0.15, 0.2) is 28.5 Å². The zero-order valence-corrected chi connectivity index (χ0v) is 41.3. The largest absolute Gasteiger partial charge is 0.461 e. The Balaban J connectivity index is 1.52. The third-order valence-electron chi connectivity index (χ3n) is 12.5. The summed E-state index contributed by atoms with van der Waals surface area (Å²) in [6, 6.07) is 16.0. The smallest absolute Gasteiger partial charge is 0.333 e. The van der Waals surface area contributed by atoms with Gasteiger partial charge >= 0.3 is 17.6 Å². The molecule has 5 atom stereocenters. The first-order valence-corrected chi connectivity index (χ1v) is 28.3. The van der Waals surface area contributed by atoms with Gasteiger partial charge in [0.05, 0.1) is 24.1 Å². The van der Waals surface area contributed by atoms with E-state index in [1.807, 2.05) is 67.7 Å². The van der Waals surface area contributed by atoms with E-state index < -0.39 is 104 Å². The molecule has 350 valence electrons. The summed E-state index contributed by atoms with van der Waals surface area (Å²) in [6.07, 6.45) is -3.48. The van der Waals surface area contributed by atoms with E-state index in [1.165, 1.54) is 13.1 Å². The first kappa shape index (κ1) is 50.3. The number of aromatic nitrogens is 2. The molecule has 2 aliphatic rings. The minimum atomic E-state index is -4.39. The number of rotatable bonds is 16. The fourth-order valence-electron chi connectivity index (χ4n) is 6.66. The fourth-order valence-corrected chi connectivity index (χ4v) is 10.2. The van der Waals surface area contributed by atoms with Crippen LogP contribution in [0.5, 0.6) is 0 Å². The van der Waals surface area contributed by atoms with Gasteiger partial charge in [-0.25, -0.2) is 13.8 Å². The third kappa shape index (κ3) is 11.2. The number of carbonyl (C=O) groups excluding carboxylic acids is 3. The molecule has 0 radical (unpaired) electrons. The molecular formula is C44H62N4O13SSi2. The minimum absolute atomic E-state index is 0.00360. The Labute approximate surface area is 376 Å². The Morgan fingerprint density at radius 1 is 0.875 bits per heavy atom. The average Bonchev–Trinajstić information content (AvgIpc) is 3.63. The maximum atomic E-state index is 14.6. The van der Waals surface area contributed by atoms with E-state index in [0.717, 1.165) is 9.98 Å². The van der Waals surface area contributed by atoms with Crippen LogP contribution in [-0.4, -0.2) is 82.5 Å². The highest BCUT2D eigenvalue weighted by molar-refractivity contribution is 7.90. The van der Waals surface area contributed by atoms with Crippen LogP contribution >= 0.6 is 0 Å². The van der Waals surface area contributed by atoms with Crippen molar-refractivity contribution in [1.29, 1.82) is 0 Å². The number of nitrogens with two attached hydrogens (primary N) is 1. The molecule has 3 aromatic rings. The average molecular weight is 943 g/mol. The molecule has 0 aliphatic carbocycles. The quantitative estimate of drug-likeness (QED) is 0.111. The lowest BCUT2D eigenvalue weighted by Crippen LogP contribution is -2.59. The summed E-state index contributed by atoms with van der Waals surface area (Å²) in [6.45, 7) is 20.0. The normalized spacial score (nSPS) is 21.6. The maximum absolute atomic E-state index is 14.6. The molecule has 3 heterocycles. The van der Waals surface area contributed by atoms with Crippen LogP contribution in [0, 0.1) is 6.92 Å². The number of benzene rings is 2. The lowest BCUT2D eigenvalue weighted by atomic mass is 9.89. The van der Waals surface area contributed by atoms with Gasteiger partial charge < -0.3 is 34.1 Å². The topological polar surface area (TPSA) is 223 Å². The Bertz CT molecular complexity index is 2460. The molecule has 0 saturated carbocycles. The number of carbonyl (C=O) groups is 3. The van der Waals surface area contributed by atoms with Crippen molar-refractivity contribution in [2.45, 2.75) is 141 Å². The summed E-state index contributed by atoms with van der Waals surface area (Å²) in [5.74, 6) is -2.76. The zero-order chi connectivity index (χ0) is 47.6. The van der Waals surface area contributed by atoms with Gasteiger partial charge in [-0.3, -0.25) is 23.5 Å². The number of hydrogen-bond donors (Lipinski definition) is 2. The van der Waals surface area contributed by atoms with Crippen LogP contribution in [0.4, 0.5) is 0 Å². The number of aryl methyl sites for hydroxylation is 1. The molecule has 3 N–H and O–H groups in total. The lowest BCUT2D eigenvalue weighted by Gasteiger charge is -2.43. The van der Waals surface area contributed by atoms with Gasteiger partial charge in [0.25, 0.3) is 15.7 Å². The van der Waals surface area contributed by atoms with Crippen molar-refractivity contribution < 1.29 is 50.0 Å². The second kappa shape index (κ2) is 19.0. The zero-order valence-electron chi connectivity index (χ0n) is 38.5. The van der Waals surface area contributed by atoms with Gasteiger partial charge in [-0.1, -0.05) is 102 Å². The summed E-state index contributed by atoms with van der Waals surface area (Å²) in [4.78, 5) is 68.8. The van der Waals surface area contributed by atoms with Crippen molar-refractivity contribution in [2.24, 2.45) is 5.73 Å². The van der Waals surface area contributed by atoms with Crippen LogP contribution in [0.2, 0.25) is 36.3 Å². The molecule has 1 spiro atoms. The monoisotopic (exact) mass is 942 g/mol. The number of amides is 1. The van der Waals surface area contributed by atoms with E-state index in [1.54, 1.807) is 60.7 Å². The number of esters is 2. The summed E-state index contributed by atoms with van der Waals surface area (Å²) in [5.41, 5.74) is 3.88. The predicted octanol–water partition coefficient (Wildman–Crippen LogP) is 4.89. The van der Waals surface area contributed by atoms with E-state index in [-0.39, 0.29) is 36.1 Å². The second-order valence-corrected chi connectivity index (χ2v) is 30.2. The molecule has 20 heteroatoms. The van der Waals surface area contributed by atoms with Crippen LogP contribution in [0.15, 0.2) is 87.6 Å². The van der Waals surface area contributed by atoms with E-state index in [2.05, 4.69) is 5.32 Å². The van der Waals surface area contributed by atoms with Crippen molar-refractivity contribution in [2.75, 3.05) is 6.61 Å². The van der Waals surface area contributed by atoms with Crippen LogP contribution in [-0.2, 0) is 71.5 Å². The Hall–Kier alpha value is -4.71. The maximum Gasteiger partial charge on any atom is 0.333 e. The van der Waals surface area contributed by atoms with Crippen molar-refractivity contribution in [3.05, 3.63) is 115 Å². The molecule has 1 unspecified atom stereocenters. The first-order chi connectivity index (χ1) is 29.6. The molecule has 5 rings (SSSR count). The van der Waals surface area contributed by atoms with Crippen LogP contribution in [0.3, 0.4) is 0 Å². The van der Waals surface area contributed by atoms with Gasteiger partial charge in [-0.05, 0) is 54.3 Å². The molecule has 1 amide bonds. The van der Waals surface area contributed by atoms with E-state index in [0.29, 0.717) is 15.7 Å². The van der Waals surface area contributed by atoms with Gasteiger partial charge in [0.1, 0.15) is 38.0 Å². The Kier molecular flexibility index (Phi) is 14.9. The molecule has 64 heavy (non-hydrogen) atoms. The fraction of sp³-hybridized carbons (Fsp3) is 0.523. The third-order valence-corrected chi connectivity index (χ3v) is 22.5. The van der Waals surface area contributed by atoms with Crippen molar-refractivity contribution in [3.8, 4) is 0 Å². The number of nitrogens with one attached hydrogen (secondary N) is 1. The van der Waals surface area contributed by atoms with Crippen LogP contribution < -0.4 is 22.3 Å². The lowest BCUT2D eigenvalue weighted by molar-refractivity contribution is -0.155. The Morgan fingerprint density at radius 2 is 1.42 bits per heavy atom. The summed E-state index contributed by atoms with van der Waals surface area (Å²) in [5, 5.41) is 2.55. The minimum Gasteiger partial charge on any atom is -0.461 e. The Morgan fingerprint density at radius 3 is 1.94 bits per heavy atom. The van der Waals surface area contributed by atoms with Crippen LogP contribution in [0.1, 0.15) is 70.9 Å². The SMILES string of the molecule is Cc1cn([C@@H]2O[C@H](CO[Si](C)(C)C(C)(C)C)C3(OS(=O)(=O)C=C3N)[C@H]2O[Si](C)(C)C(C)(C)C)c(=O)n(CC(=O)N[C@@H](CC(=O)OCc2ccccc2)C(=O)OCc2ccccc2)c1=O. The number of nitrogens with zero attached hydrogens (tertiary/aromatic N) is 2. The summed E-state index contributed by atoms with van der Waals surface area (Å²) in [7, 11) is -9.83. The van der Waals surface area contributed by atoms with Crippen molar-refractivity contribution >= 4 is 44.6 Å². The van der Waals surface area contributed by atoms with Crippen LogP contribution in [0.25, 0.3) is 0 Å². The molecule has 1 saturated heterocycles. The highest BCUT2D eigenvalue weighted by atomic mass is 32.2. The van der Waals surface area contributed by atoms with E-state index in [4.69, 9.17) is 33.0 Å². The van der Waals surface area contributed by atoms with E-state index in [9.17, 15) is 32.4 Å². The van der Waals surface area contributed by atoms with Gasteiger partial charge in [-0.15, -0.1) is 0 Å². The first-order valence-electron chi connectivity index (χ1n) is 21.0. The molecule has 1 fully saturated rings. The number of hydrogen-bond acceptors (Lipinski definition) is 14. The van der Waals surface area contributed by atoms with Crippen molar-refractivity contribution in [1.82, 2.24) is 14.5 Å². The number of ether oxygens (including phenoxy) is 3. The summed E-state index contributed by atoms with van der Waals surface area (Å²) >= 11 is 0. The van der Waals surface area contributed by atoms with Gasteiger partial charge in [0.2, 0.25) is 5.91 Å².